The zero-order valence-corrected chi connectivity index (χ0v) is 46.2. The zero-order chi connectivity index (χ0) is 62.9. The van der Waals surface area contributed by atoms with Crippen molar-refractivity contribution in [3.05, 3.63) is 169 Å². The number of methoxy groups -OCH3 is 4. The maximum absolute atomic E-state index is 12.8. The second-order valence-electron chi connectivity index (χ2n) is 18.3. The van der Waals surface area contributed by atoms with Crippen LogP contribution in [-0.2, 0) is 0 Å². The van der Waals surface area contributed by atoms with Crippen molar-refractivity contribution in [3.8, 4) is 109 Å². The number of aromatic hydroxyl groups is 15. The van der Waals surface area contributed by atoms with Crippen LogP contribution in [0.25, 0.3) is 0 Å². The van der Waals surface area contributed by atoms with Gasteiger partial charge < -0.3 is 95.5 Å². The molecule has 84 heavy (non-hydrogen) atoms. The Labute approximate surface area is 478 Å². The second-order valence-corrected chi connectivity index (χ2v) is 18.3. The molecule has 440 valence electrons. The summed E-state index contributed by atoms with van der Waals surface area (Å²) in [6.07, 6.45) is 0. The van der Waals surface area contributed by atoms with E-state index in [4.69, 9.17) is 18.9 Å². The molecule has 23 heteroatoms. The molecule has 0 fully saturated rings. The van der Waals surface area contributed by atoms with Crippen molar-refractivity contribution in [1.29, 1.82) is 0 Å². The summed E-state index contributed by atoms with van der Waals surface area (Å²) in [5.74, 6) is -8.86. The summed E-state index contributed by atoms with van der Waals surface area (Å²) >= 11 is 0. The number of hydrogen-bond acceptors (Lipinski definition) is 23. The lowest BCUT2D eigenvalue weighted by molar-refractivity contribution is 0.102. The van der Waals surface area contributed by atoms with Crippen LogP contribution in [0.5, 0.6) is 109 Å². The number of phenols is 15. The van der Waals surface area contributed by atoms with Crippen molar-refractivity contribution in [2.75, 3.05) is 28.4 Å². The number of carbonyl (C=O) groups is 4. The van der Waals surface area contributed by atoms with Crippen LogP contribution in [0.3, 0.4) is 0 Å². The van der Waals surface area contributed by atoms with Crippen LogP contribution >= 0.6 is 0 Å². The van der Waals surface area contributed by atoms with E-state index in [0.717, 1.165) is 54.1 Å². The van der Waals surface area contributed by atoms with Crippen molar-refractivity contribution >= 4 is 23.1 Å². The Kier molecular flexibility index (Phi) is 19.9. The SMILES string of the molecule is COc1c(O)cc(C(=O)c2ccc(C)c(O)c2O)cc1O.COc1cc(C(=O)c2ccc(C)c(C)c2O)cc(OC)c1OC.Cc1c(O)cc(C(=O)c2ccc(O)c(O)c2O)cc1O.Cc1ccc(C(=O)c2cc(O)c(O)c(O)c2)c(O)c1O. The Hall–Kier alpha value is -11.4. The minimum Gasteiger partial charge on any atom is -0.508 e. The number of benzene rings is 8. The van der Waals surface area contributed by atoms with E-state index in [0.29, 0.717) is 39.5 Å². The van der Waals surface area contributed by atoms with E-state index in [1.807, 2.05) is 6.92 Å². The van der Waals surface area contributed by atoms with Gasteiger partial charge in [0.1, 0.15) is 17.2 Å². The van der Waals surface area contributed by atoms with Gasteiger partial charge in [0.25, 0.3) is 0 Å². The Morgan fingerprint density at radius 3 is 0.952 bits per heavy atom. The van der Waals surface area contributed by atoms with Gasteiger partial charge in [-0.15, -0.1) is 0 Å². The number of hydrogen-bond donors (Lipinski definition) is 15. The lowest BCUT2D eigenvalue weighted by atomic mass is 9.97. The van der Waals surface area contributed by atoms with Crippen LogP contribution in [0.2, 0.25) is 0 Å². The van der Waals surface area contributed by atoms with E-state index in [9.17, 15) is 95.8 Å². The molecule has 8 rings (SSSR count). The van der Waals surface area contributed by atoms with E-state index in [-0.39, 0.29) is 79.0 Å². The molecule has 0 aliphatic heterocycles. The third-order valence-corrected chi connectivity index (χ3v) is 12.9. The molecule has 0 bridgehead atoms. The van der Waals surface area contributed by atoms with E-state index in [1.54, 1.807) is 45.0 Å². The molecule has 15 N–H and O–H groups in total. The summed E-state index contributed by atoms with van der Waals surface area (Å²) < 4.78 is 20.5. The molecular weight excluding hydrogens is 1100 g/mol. The first-order valence-electron chi connectivity index (χ1n) is 24.4. The fourth-order valence-corrected chi connectivity index (χ4v) is 7.79. The van der Waals surface area contributed by atoms with Gasteiger partial charge >= 0.3 is 0 Å². The topological polar surface area (TPSA) is 409 Å². The minimum absolute atomic E-state index is 0.0104. The molecule has 8 aromatic carbocycles. The molecule has 0 saturated carbocycles. The summed E-state index contributed by atoms with van der Waals surface area (Å²) in [7, 11) is 5.73. The van der Waals surface area contributed by atoms with E-state index < -0.39 is 80.6 Å². The summed E-state index contributed by atoms with van der Waals surface area (Å²) in [5.41, 5.74) is 2.39. The molecule has 0 atom stereocenters. The number of ether oxygens (including phenoxy) is 4. The molecule has 0 heterocycles. The van der Waals surface area contributed by atoms with Gasteiger partial charge in [-0.2, -0.15) is 0 Å². The van der Waals surface area contributed by atoms with Gasteiger partial charge in [-0.05, 0) is 136 Å². The first-order valence-corrected chi connectivity index (χ1v) is 24.4. The first kappa shape index (κ1) is 63.5. The molecule has 0 aliphatic carbocycles. The van der Waals surface area contributed by atoms with Crippen LogP contribution in [0, 0.1) is 34.6 Å². The molecule has 0 radical (unpaired) electrons. The van der Waals surface area contributed by atoms with Crippen molar-refractivity contribution in [2.45, 2.75) is 34.6 Å². The largest absolute Gasteiger partial charge is 0.508 e. The van der Waals surface area contributed by atoms with Crippen LogP contribution in [0.15, 0.2) is 97.1 Å². The Morgan fingerprint density at radius 2 is 0.583 bits per heavy atom. The van der Waals surface area contributed by atoms with Gasteiger partial charge in [0, 0.05) is 27.8 Å². The van der Waals surface area contributed by atoms with Gasteiger partial charge in [0.15, 0.2) is 97.9 Å². The van der Waals surface area contributed by atoms with E-state index in [2.05, 4.69) is 0 Å². The zero-order valence-electron chi connectivity index (χ0n) is 46.2. The normalized spacial score (nSPS) is 10.4. The number of phenolic OH excluding ortho intramolecular Hbond substituents is 15. The molecular formula is C61H58O23. The van der Waals surface area contributed by atoms with Crippen molar-refractivity contribution < 1.29 is 115 Å². The monoisotopic (exact) mass is 1160 g/mol. The van der Waals surface area contributed by atoms with Gasteiger partial charge in [0.05, 0.1) is 50.7 Å². The van der Waals surface area contributed by atoms with Gasteiger partial charge in [-0.25, -0.2) is 0 Å². The number of carbonyl (C=O) groups excluding carboxylic acids is 4. The van der Waals surface area contributed by atoms with Crippen LogP contribution in [0.4, 0.5) is 0 Å². The Bertz CT molecular complexity index is 3660. The number of ketones is 4. The smallest absolute Gasteiger partial charge is 0.203 e. The van der Waals surface area contributed by atoms with Crippen LogP contribution < -0.4 is 18.9 Å². The Morgan fingerprint density at radius 1 is 0.274 bits per heavy atom. The minimum atomic E-state index is -0.809. The van der Waals surface area contributed by atoms with E-state index >= 15 is 0 Å². The highest BCUT2D eigenvalue weighted by molar-refractivity contribution is 6.14. The van der Waals surface area contributed by atoms with Crippen molar-refractivity contribution in [3.63, 3.8) is 0 Å². The van der Waals surface area contributed by atoms with Crippen LogP contribution in [-0.4, -0.2) is 128 Å². The van der Waals surface area contributed by atoms with E-state index in [1.165, 1.54) is 59.6 Å². The molecule has 0 saturated heterocycles. The second kappa shape index (κ2) is 26.3. The summed E-state index contributed by atoms with van der Waals surface area (Å²) in [6, 6.07) is 20.7. The fourth-order valence-electron chi connectivity index (χ4n) is 7.79. The Balaban J connectivity index is 0.000000205. The molecule has 0 aliphatic rings. The van der Waals surface area contributed by atoms with Gasteiger partial charge in [-0.3, -0.25) is 19.2 Å². The van der Waals surface area contributed by atoms with Crippen LogP contribution in [0.1, 0.15) is 91.5 Å². The third-order valence-electron chi connectivity index (χ3n) is 12.9. The van der Waals surface area contributed by atoms with Gasteiger partial charge in [0.2, 0.25) is 17.2 Å². The first-order chi connectivity index (χ1) is 39.4. The maximum atomic E-state index is 12.8. The average Bonchev–Trinajstić information content (AvgIpc) is 3.20. The lowest BCUT2D eigenvalue weighted by Gasteiger charge is -2.14. The average molecular weight is 1160 g/mol. The molecule has 0 spiro atoms. The lowest BCUT2D eigenvalue weighted by Crippen LogP contribution is -2.05. The highest BCUT2D eigenvalue weighted by atomic mass is 16.5. The summed E-state index contributed by atoms with van der Waals surface area (Å²) in [6.45, 7) is 8.26. The number of aryl methyl sites for hydroxylation is 3. The highest BCUT2D eigenvalue weighted by Gasteiger charge is 2.25. The standard InChI is InChI=1S/C18H20O5.C15H14O6.2C14H12O6/c1-10-6-7-13(16(19)11(10)2)17(20)12-8-14(21-3)18(23-5)15(9-12)22-4;1-7-3-4-9(14(20)12(7)18)13(19)8-5-10(16)15(21-2)11(17)6-8;1-6-10(16)4-7(5-11(6)17)12(18)8-2-3-9(15)14(20)13(8)19;1-6-2-3-8(13(19)11(6)17)12(18)7-4-9(15)14(20)10(16)5-7/h6-9,19H,1-5H3;3-6,16-18,20H,1-2H3;2*2-5,15-17,19-20H,1H3. The molecule has 0 amide bonds. The third kappa shape index (κ3) is 13.3. The molecule has 8 aromatic rings. The fraction of sp³-hybridized carbons (Fsp3) is 0.148. The van der Waals surface area contributed by atoms with Crippen molar-refractivity contribution in [1.82, 2.24) is 0 Å². The predicted octanol–water partition coefficient (Wildman–Crippen LogP) is 8.83. The number of rotatable bonds is 12. The summed E-state index contributed by atoms with van der Waals surface area (Å²) in [5, 5.41) is 144. The van der Waals surface area contributed by atoms with Gasteiger partial charge in [-0.1, -0.05) is 18.2 Å². The van der Waals surface area contributed by atoms with Crippen molar-refractivity contribution in [2.24, 2.45) is 0 Å². The molecule has 23 nitrogen and oxygen atoms in total. The molecule has 0 aromatic heterocycles. The highest BCUT2D eigenvalue weighted by Crippen LogP contribution is 2.43. The summed E-state index contributed by atoms with van der Waals surface area (Å²) in [4.78, 5) is 49.4. The predicted molar refractivity (Wildman–Crippen MR) is 300 cm³/mol. The quantitative estimate of drug-likeness (QED) is 0.0401. The molecule has 0 unspecified atom stereocenters. The maximum Gasteiger partial charge on any atom is 0.203 e.